The SMILES string of the molecule is CCNC(/C1=C/CCCCCC1)c1ccc(Cl)cc1Br. The fraction of sp³-hybridized carbons (Fsp3) is 0.529. The summed E-state index contributed by atoms with van der Waals surface area (Å²) >= 11 is 9.73. The highest BCUT2D eigenvalue weighted by Gasteiger charge is 2.18. The number of likely N-dealkylation sites (N-methyl/N-ethyl adjacent to an activating group) is 1. The molecule has 0 heterocycles. The summed E-state index contributed by atoms with van der Waals surface area (Å²) in [5.41, 5.74) is 2.83. The third kappa shape index (κ3) is 4.34. The fourth-order valence-electron chi connectivity index (χ4n) is 2.86. The lowest BCUT2D eigenvalue weighted by Gasteiger charge is -2.24. The van der Waals surface area contributed by atoms with Crippen LogP contribution in [-0.4, -0.2) is 6.54 Å². The standard InChI is InChI=1S/C17H23BrClN/c1-2-20-17(13-8-6-4-3-5-7-9-13)15-11-10-14(19)12-16(15)18/h8,10-12,17,20H,2-7,9H2,1H3/b13-8+. The van der Waals surface area contributed by atoms with Crippen molar-refractivity contribution in [3.8, 4) is 0 Å². The zero-order valence-electron chi connectivity index (χ0n) is 12.1. The van der Waals surface area contributed by atoms with Gasteiger partial charge in [0.2, 0.25) is 0 Å². The average molecular weight is 357 g/mol. The highest BCUT2D eigenvalue weighted by molar-refractivity contribution is 9.10. The van der Waals surface area contributed by atoms with Crippen molar-refractivity contribution in [2.75, 3.05) is 6.54 Å². The summed E-state index contributed by atoms with van der Waals surface area (Å²) < 4.78 is 1.10. The molecule has 1 N–H and O–H groups in total. The Labute approximate surface area is 135 Å². The molecule has 1 atom stereocenters. The maximum absolute atomic E-state index is 6.07. The van der Waals surface area contributed by atoms with Gasteiger partial charge in [-0.15, -0.1) is 0 Å². The summed E-state index contributed by atoms with van der Waals surface area (Å²) in [6.07, 6.45) is 10.2. The van der Waals surface area contributed by atoms with E-state index in [2.05, 4.69) is 40.3 Å². The van der Waals surface area contributed by atoms with Crippen molar-refractivity contribution in [1.82, 2.24) is 5.32 Å². The van der Waals surface area contributed by atoms with E-state index in [0.717, 1.165) is 16.0 Å². The van der Waals surface area contributed by atoms with Gasteiger partial charge < -0.3 is 5.32 Å². The van der Waals surface area contributed by atoms with Crippen molar-refractivity contribution in [1.29, 1.82) is 0 Å². The lowest BCUT2D eigenvalue weighted by atomic mass is 9.91. The van der Waals surface area contributed by atoms with E-state index in [0.29, 0.717) is 6.04 Å². The molecule has 1 aromatic rings. The number of allylic oxidation sites excluding steroid dienone is 1. The van der Waals surface area contributed by atoms with Gasteiger partial charge in [0.1, 0.15) is 0 Å². The van der Waals surface area contributed by atoms with E-state index in [1.165, 1.54) is 49.7 Å². The zero-order chi connectivity index (χ0) is 14.4. The second kappa shape index (κ2) is 8.21. The molecule has 1 nitrogen and oxygen atoms in total. The molecule has 2 rings (SSSR count). The molecule has 1 aliphatic carbocycles. The molecule has 0 saturated heterocycles. The van der Waals surface area contributed by atoms with Crippen molar-refractivity contribution in [2.24, 2.45) is 0 Å². The molecule has 0 aromatic heterocycles. The van der Waals surface area contributed by atoms with Crippen LogP contribution in [0, 0.1) is 0 Å². The zero-order valence-corrected chi connectivity index (χ0v) is 14.4. The Kier molecular flexibility index (Phi) is 6.60. The van der Waals surface area contributed by atoms with Crippen molar-refractivity contribution in [3.63, 3.8) is 0 Å². The molecule has 110 valence electrons. The molecule has 1 unspecified atom stereocenters. The minimum Gasteiger partial charge on any atom is -0.307 e. The molecule has 0 bridgehead atoms. The molecule has 0 saturated carbocycles. The number of nitrogens with one attached hydrogen (secondary N) is 1. The third-order valence-corrected chi connectivity index (χ3v) is 4.80. The van der Waals surface area contributed by atoms with E-state index in [1.54, 1.807) is 0 Å². The summed E-state index contributed by atoms with van der Waals surface area (Å²) in [5.74, 6) is 0. The normalized spacial score (nSPS) is 20.6. The van der Waals surface area contributed by atoms with Crippen LogP contribution in [-0.2, 0) is 0 Å². The highest BCUT2D eigenvalue weighted by Crippen LogP contribution is 2.34. The molecule has 0 aliphatic heterocycles. The highest BCUT2D eigenvalue weighted by atomic mass is 79.9. The smallest absolute Gasteiger partial charge is 0.0547 e. The molecule has 0 fully saturated rings. The van der Waals surface area contributed by atoms with Crippen LogP contribution < -0.4 is 5.32 Å². The maximum Gasteiger partial charge on any atom is 0.0547 e. The van der Waals surface area contributed by atoms with Gasteiger partial charge in [-0.1, -0.05) is 65.0 Å². The van der Waals surface area contributed by atoms with E-state index >= 15 is 0 Å². The van der Waals surface area contributed by atoms with Gasteiger partial charge in [-0.3, -0.25) is 0 Å². The van der Waals surface area contributed by atoms with Gasteiger partial charge in [0, 0.05) is 9.50 Å². The third-order valence-electron chi connectivity index (χ3n) is 3.88. The molecule has 0 radical (unpaired) electrons. The van der Waals surface area contributed by atoms with Crippen molar-refractivity contribution >= 4 is 27.5 Å². The second-order valence-electron chi connectivity index (χ2n) is 5.39. The van der Waals surface area contributed by atoms with Gasteiger partial charge in [0.25, 0.3) is 0 Å². The van der Waals surface area contributed by atoms with E-state index in [1.807, 2.05) is 12.1 Å². The summed E-state index contributed by atoms with van der Waals surface area (Å²) in [6.45, 7) is 3.14. The maximum atomic E-state index is 6.07. The molecule has 1 aliphatic rings. The summed E-state index contributed by atoms with van der Waals surface area (Å²) in [5, 5.41) is 4.42. The Morgan fingerprint density at radius 3 is 2.80 bits per heavy atom. The van der Waals surface area contributed by atoms with Crippen LogP contribution in [0.3, 0.4) is 0 Å². The number of benzene rings is 1. The topological polar surface area (TPSA) is 12.0 Å². The number of rotatable bonds is 4. The lowest BCUT2D eigenvalue weighted by Crippen LogP contribution is -2.23. The lowest BCUT2D eigenvalue weighted by molar-refractivity contribution is 0.553. The fourth-order valence-corrected chi connectivity index (χ4v) is 3.77. The van der Waals surface area contributed by atoms with Crippen LogP contribution in [0.2, 0.25) is 5.02 Å². The summed E-state index contributed by atoms with van der Waals surface area (Å²) in [7, 11) is 0. The predicted molar refractivity (Wildman–Crippen MR) is 91.4 cm³/mol. The average Bonchev–Trinajstić information content (AvgIpc) is 2.37. The molecule has 20 heavy (non-hydrogen) atoms. The van der Waals surface area contributed by atoms with Gasteiger partial charge in [0.05, 0.1) is 6.04 Å². The van der Waals surface area contributed by atoms with Gasteiger partial charge in [-0.2, -0.15) is 0 Å². The molecule has 3 heteroatoms. The Morgan fingerprint density at radius 2 is 2.05 bits per heavy atom. The van der Waals surface area contributed by atoms with Crippen molar-refractivity contribution in [2.45, 2.75) is 51.5 Å². The molecular weight excluding hydrogens is 334 g/mol. The van der Waals surface area contributed by atoms with Crippen LogP contribution in [0.5, 0.6) is 0 Å². The second-order valence-corrected chi connectivity index (χ2v) is 6.68. The minimum atomic E-state index is 0.310. The number of hydrogen-bond donors (Lipinski definition) is 1. The Balaban J connectivity index is 2.29. The molecule has 0 spiro atoms. The van der Waals surface area contributed by atoms with Gasteiger partial charge >= 0.3 is 0 Å². The Morgan fingerprint density at radius 1 is 1.25 bits per heavy atom. The minimum absolute atomic E-state index is 0.310. The quantitative estimate of drug-likeness (QED) is 0.649. The van der Waals surface area contributed by atoms with Crippen LogP contribution in [0.25, 0.3) is 0 Å². The van der Waals surface area contributed by atoms with E-state index < -0.39 is 0 Å². The first kappa shape index (κ1) is 16.1. The first-order valence-corrected chi connectivity index (χ1v) is 8.76. The van der Waals surface area contributed by atoms with Crippen LogP contribution in [0.15, 0.2) is 34.3 Å². The molecule has 1 aromatic carbocycles. The Hall–Kier alpha value is -0.310. The van der Waals surface area contributed by atoms with Gasteiger partial charge in [-0.25, -0.2) is 0 Å². The number of halogens is 2. The summed E-state index contributed by atoms with van der Waals surface area (Å²) in [4.78, 5) is 0. The first-order chi connectivity index (χ1) is 9.72. The van der Waals surface area contributed by atoms with Crippen LogP contribution in [0.1, 0.15) is 57.1 Å². The largest absolute Gasteiger partial charge is 0.307 e. The van der Waals surface area contributed by atoms with E-state index in [9.17, 15) is 0 Å². The van der Waals surface area contributed by atoms with Gasteiger partial charge in [0.15, 0.2) is 0 Å². The monoisotopic (exact) mass is 355 g/mol. The Bertz CT molecular complexity index is 470. The van der Waals surface area contributed by atoms with Crippen LogP contribution >= 0.6 is 27.5 Å². The van der Waals surface area contributed by atoms with Gasteiger partial charge in [-0.05, 0) is 49.9 Å². The van der Waals surface area contributed by atoms with E-state index in [-0.39, 0.29) is 0 Å². The number of hydrogen-bond acceptors (Lipinski definition) is 1. The predicted octanol–water partition coefficient (Wildman–Crippen LogP) is 6.03. The first-order valence-electron chi connectivity index (χ1n) is 7.59. The van der Waals surface area contributed by atoms with Crippen molar-refractivity contribution < 1.29 is 0 Å². The van der Waals surface area contributed by atoms with E-state index in [4.69, 9.17) is 11.6 Å². The molecule has 0 amide bonds. The summed E-state index contributed by atoms with van der Waals surface area (Å²) in [6, 6.07) is 6.42. The van der Waals surface area contributed by atoms with Crippen molar-refractivity contribution in [3.05, 3.63) is 44.9 Å². The van der Waals surface area contributed by atoms with Crippen LogP contribution in [0.4, 0.5) is 0 Å². The molecular formula is C17H23BrClN.